The summed E-state index contributed by atoms with van der Waals surface area (Å²) in [5.74, 6) is 1.29. The van der Waals surface area contributed by atoms with E-state index in [1.54, 1.807) is 25.1 Å². The summed E-state index contributed by atoms with van der Waals surface area (Å²) >= 11 is 5.15. The lowest BCUT2D eigenvalue weighted by atomic mass is 10.2. The quantitative estimate of drug-likeness (QED) is 0.769. The number of nitrogens with one attached hydrogen (secondary N) is 1. The Morgan fingerprint density at radius 2 is 2.06 bits per heavy atom. The Hall–Kier alpha value is -1.82. The molecule has 3 rings (SSSR count). The molecule has 1 amide bonds. The molecule has 1 aromatic carbocycles. The first-order valence-electron chi connectivity index (χ1n) is 5.71. The Kier molecular flexibility index (Phi) is 2.59. The molecule has 0 aliphatic carbocycles. The van der Waals surface area contributed by atoms with Gasteiger partial charge in [0.1, 0.15) is 19.3 Å². The van der Waals surface area contributed by atoms with Crippen LogP contribution in [0.1, 0.15) is 6.92 Å². The van der Waals surface area contributed by atoms with Crippen molar-refractivity contribution in [2.45, 2.75) is 13.0 Å². The number of anilines is 1. The highest BCUT2D eigenvalue weighted by Crippen LogP contribution is 2.34. The van der Waals surface area contributed by atoms with Crippen LogP contribution in [0.5, 0.6) is 11.5 Å². The molecule has 1 saturated heterocycles. The molecule has 0 unspecified atom stereocenters. The first-order valence-corrected chi connectivity index (χ1v) is 6.12. The van der Waals surface area contributed by atoms with E-state index in [4.69, 9.17) is 21.7 Å². The van der Waals surface area contributed by atoms with Gasteiger partial charge in [0.2, 0.25) is 0 Å². The number of amides is 1. The number of hydrogen-bond donors (Lipinski definition) is 1. The second kappa shape index (κ2) is 4.13. The minimum Gasteiger partial charge on any atom is -0.486 e. The molecule has 6 heteroatoms. The molecule has 1 atom stereocenters. The van der Waals surface area contributed by atoms with Gasteiger partial charge >= 0.3 is 0 Å². The van der Waals surface area contributed by atoms with E-state index in [1.165, 1.54) is 4.90 Å². The molecule has 1 aromatic rings. The summed E-state index contributed by atoms with van der Waals surface area (Å²) < 4.78 is 10.9. The van der Waals surface area contributed by atoms with Crippen molar-refractivity contribution in [3.8, 4) is 11.5 Å². The zero-order valence-corrected chi connectivity index (χ0v) is 10.6. The predicted octanol–water partition coefficient (Wildman–Crippen LogP) is 1.07. The average molecular weight is 264 g/mol. The van der Waals surface area contributed by atoms with Crippen molar-refractivity contribution in [1.82, 2.24) is 5.32 Å². The largest absolute Gasteiger partial charge is 0.486 e. The Labute approximate surface area is 110 Å². The summed E-state index contributed by atoms with van der Waals surface area (Å²) in [6.07, 6.45) is 0. The smallest absolute Gasteiger partial charge is 0.255 e. The maximum atomic E-state index is 12.0. The van der Waals surface area contributed by atoms with Crippen LogP contribution in [0.2, 0.25) is 0 Å². The predicted molar refractivity (Wildman–Crippen MR) is 70.1 cm³/mol. The highest BCUT2D eigenvalue weighted by atomic mass is 32.1. The van der Waals surface area contributed by atoms with E-state index in [1.807, 2.05) is 0 Å². The van der Waals surface area contributed by atoms with E-state index in [0.29, 0.717) is 35.5 Å². The number of ether oxygens (including phenoxy) is 2. The average Bonchev–Trinajstić information content (AvgIpc) is 2.63. The van der Waals surface area contributed by atoms with E-state index in [-0.39, 0.29) is 11.9 Å². The summed E-state index contributed by atoms with van der Waals surface area (Å²) in [5.41, 5.74) is 0.700. The minimum atomic E-state index is -0.286. The van der Waals surface area contributed by atoms with Gasteiger partial charge in [-0.25, -0.2) is 0 Å². The third-order valence-corrected chi connectivity index (χ3v) is 3.22. The number of nitrogens with zero attached hydrogens (tertiary/aromatic N) is 1. The van der Waals surface area contributed by atoms with Crippen LogP contribution in [-0.2, 0) is 4.79 Å². The molecule has 2 aliphatic rings. The van der Waals surface area contributed by atoms with Gasteiger partial charge in [-0.2, -0.15) is 0 Å². The second-order valence-corrected chi connectivity index (χ2v) is 4.56. The van der Waals surface area contributed by atoms with Crippen molar-refractivity contribution in [2.75, 3.05) is 18.1 Å². The molecule has 94 valence electrons. The van der Waals surface area contributed by atoms with Gasteiger partial charge in [-0.05, 0) is 31.3 Å². The molecule has 0 radical (unpaired) electrons. The molecule has 0 saturated carbocycles. The molecule has 2 aliphatic heterocycles. The number of fused-ring (bicyclic) bond motifs is 1. The van der Waals surface area contributed by atoms with E-state index >= 15 is 0 Å². The number of hydrogen-bond acceptors (Lipinski definition) is 4. The lowest BCUT2D eigenvalue weighted by molar-refractivity contribution is -0.117. The van der Waals surface area contributed by atoms with E-state index in [0.717, 1.165) is 0 Å². The monoisotopic (exact) mass is 264 g/mol. The van der Waals surface area contributed by atoms with Crippen LogP contribution in [0.4, 0.5) is 5.69 Å². The van der Waals surface area contributed by atoms with Crippen LogP contribution in [0, 0.1) is 0 Å². The van der Waals surface area contributed by atoms with Crippen LogP contribution in [-0.4, -0.2) is 30.3 Å². The Morgan fingerprint density at radius 1 is 1.33 bits per heavy atom. The van der Waals surface area contributed by atoms with Crippen molar-refractivity contribution < 1.29 is 14.3 Å². The molecular weight excluding hydrogens is 252 g/mol. The van der Waals surface area contributed by atoms with Crippen LogP contribution < -0.4 is 19.7 Å². The standard InChI is InChI=1S/C12H12N2O3S/c1-7-11(15)14(12(18)13-7)8-2-3-9-10(6-8)17-5-4-16-9/h2-3,6-7H,4-5H2,1H3,(H,13,18)/t7-/m1/s1. The van der Waals surface area contributed by atoms with Crippen molar-refractivity contribution in [3.05, 3.63) is 18.2 Å². The van der Waals surface area contributed by atoms with Gasteiger partial charge in [-0.15, -0.1) is 0 Å². The lowest BCUT2D eigenvalue weighted by Gasteiger charge is -2.21. The number of carbonyl (C=O) groups is 1. The molecule has 2 heterocycles. The lowest BCUT2D eigenvalue weighted by Crippen LogP contribution is -2.30. The summed E-state index contributed by atoms with van der Waals surface area (Å²) in [5, 5.41) is 3.35. The number of benzene rings is 1. The van der Waals surface area contributed by atoms with E-state index in [2.05, 4.69) is 5.32 Å². The van der Waals surface area contributed by atoms with Gasteiger partial charge in [0, 0.05) is 6.07 Å². The maximum Gasteiger partial charge on any atom is 0.255 e. The zero-order valence-electron chi connectivity index (χ0n) is 9.80. The Balaban J connectivity index is 1.97. The first kappa shape index (κ1) is 11.3. The van der Waals surface area contributed by atoms with Crippen LogP contribution in [0.25, 0.3) is 0 Å². The van der Waals surface area contributed by atoms with Gasteiger partial charge in [0.15, 0.2) is 16.6 Å². The molecule has 0 bridgehead atoms. The van der Waals surface area contributed by atoms with Gasteiger partial charge in [0.25, 0.3) is 5.91 Å². The molecule has 0 spiro atoms. The number of rotatable bonds is 1. The molecule has 1 N–H and O–H groups in total. The second-order valence-electron chi connectivity index (χ2n) is 4.17. The third kappa shape index (κ3) is 1.69. The van der Waals surface area contributed by atoms with Crippen LogP contribution in [0.3, 0.4) is 0 Å². The highest BCUT2D eigenvalue weighted by Gasteiger charge is 2.33. The molecular formula is C12H12N2O3S. The Morgan fingerprint density at radius 3 is 2.72 bits per heavy atom. The SMILES string of the molecule is C[C@H]1NC(=S)N(c2ccc3c(c2)OCCO3)C1=O. The van der Waals surface area contributed by atoms with Crippen molar-refractivity contribution in [1.29, 1.82) is 0 Å². The van der Waals surface area contributed by atoms with Gasteiger partial charge in [-0.3, -0.25) is 9.69 Å². The minimum absolute atomic E-state index is 0.0586. The van der Waals surface area contributed by atoms with Gasteiger partial charge in [0.05, 0.1) is 5.69 Å². The van der Waals surface area contributed by atoms with Gasteiger partial charge < -0.3 is 14.8 Å². The molecule has 0 aromatic heterocycles. The fraction of sp³-hybridized carbons (Fsp3) is 0.333. The van der Waals surface area contributed by atoms with Crippen molar-refractivity contribution in [3.63, 3.8) is 0 Å². The van der Waals surface area contributed by atoms with Crippen LogP contribution in [0.15, 0.2) is 18.2 Å². The summed E-state index contributed by atoms with van der Waals surface area (Å²) in [6, 6.07) is 5.09. The van der Waals surface area contributed by atoms with E-state index < -0.39 is 0 Å². The third-order valence-electron chi connectivity index (χ3n) is 2.92. The molecule has 18 heavy (non-hydrogen) atoms. The maximum absolute atomic E-state index is 12.0. The first-order chi connectivity index (χ1) is 8.66. The normalized spacial score (nSPS) is 22.1. The summed E-state index contributed by atoms with van der Waals surface area (Å²) in [4.78, 5) is 13.5. The van der Waals surface area contributed by atoms with Crippen molar-refractivity contribution >= 4 is 28.9 Å². The van der Waals surface area contributed by atoms with E-state index in [9.17, 15) is 4.79 Å². The fourth-order valence-electron chi connectivity index (χ4n) is 2.02. The topological polar surface area (TPSA) is 50.8 Å². The highest BCUT2D eigenvalue weighted by molar-refractivity contribution is 7.80. The van der Waals surface area contributed by atoms with Crippen molar-refractivity contribution in [2.24, 2.45) is 0 Å². The summed E-state index contributed by atoms with van der Waals surface area (Å²) in [6.45, 7) is 2.85. The number of thiocarbonyl (C=S) groups is 1. The van der Waals surface area contributed by atoms with Gasteiger partial charge in [-0.1, -0.05) is 0 Å². The summed E-state index contributed by atoms with van der Waals surface area (Å²) in [7, 11) is 0. The molecule has 5 nitrogen and oxygen atoms in total. The number of carbonyl (C=O) groups excluding carboxylic acids is 1. The molecule has 1 fully saturated rings. The Bertz CT molecular complexity index is 532. The van der Waals surface area contributed by atoms with Crippen LogP contribution >= 0.6 is 12.2 Å². The zero-order chi connectivity index (χ0) is 12.7. The fourth-order valence-corrected chi connectivity index (χ4v) is 2.39.